The van der Waals surface area contributed by atoms with Crippen molar-refractivity contribution in [2.75, 3.05) is 43.8 Å². The molecular formula is C30H33Cl2F2N5O2. The highest BCUT2D eigenvalue weighted by atomic mass is 35.5. The fourth-order valence-electron chi connectivity index (χ4n) is 5.21. The van der Waals surface area contributed by atoms with Crippen molar-refractivity contribution < 1.29 is 18.4 Å². The molecule has 1 fully saturated rings. The van der Waals surface area contributed by atoms with Gasteiger partial charge in [0.2, 0.25) is 11.8 Å². The summed E-state index contributed by atoms with van der Waals surface area (Å²) in [6.45, 7) is 2.26. The lowest BCUT2D eigenvalue weighted by molar-refractivity contribution is -0.127. The Bertz CT molecular complexity index is 1290. The summed E-state index contributed by atoms with van der Waals surface area (Å²) in [6.07, 6.45) is 2.53. The van der Waals surface area contributed by atoms with Crippen LogP contribution in [0.25, 0.3) is 0 Å². The average molecular weight is 605 g/mol. The monoisotopic (exact) mass is 603 g/mol. The first-order valence-electron chi connectivity index (χ1n) is 13.4. The van der Waals surface area contributed by atoms with Gasteiger partial charge < -0.3 is 16.8 Å². The molecule has 1 heterocycles. The van der Waals surface area contributed by atoms with Crippen LogP contribution in [0.15, 0.2) is 60.7 Å². The number of amides is 2. The number of piperazine rings is 1. The van der Waals surface area contributed by atoms with Crippen LogP contribution in [-0.4, -0.2) is 60.4 Å². The molecule has 11 heteroatoms. The number of carbonyl (C=O) groups is 2. The zero-order valence-corrected chi connectivity index (χ0v) is 24.0. The van der Waals surface area contributed by atoms with Gasteiger partial charge in [-0.2, -0.15) is 0 Å². The third-order valence-corrected chi connectivity index (χ3v) is 7.94. The van der Waals surface area contributed by atoms with E-state index in [-0.39, 0.29) is 45.7 Å². The molecule has 1 aliphatic heterocycles. The number of nitrogen functional groups attached to an aromatic ring is 1. The van der Waals surface area contributed by atoms with Crippen molar-refractivity contribution in [3.8, 4) is 0 Å². The van der Waals surface area contributed by atoms with Gasteiger partial charge in [0.05, 0.1) is 22.3 Å². The van der Waals surface area contributed by atoms with Crippen LogP contribution >= 0.6 is 23.2 Å². The predicted molar refractivity (Wildman–Crippen MR) is 159 cm³/mol. The molecule has 2 amide bonds. The van der Waals surface area contributed by atoms with Gasteiger partial charge in [0.25, 0.3) is 0 Å². The van der Waals surface area contributed by atoms with E-state index >= 15 is 0 Å². The number of primary amides is 1. The van der Waals surface area contributed by atoms with Gasteiger partial charge >= 0.3 is 0 Å². The van der Waals surface area contributed by atoms with Crippen molar-refractivity contribution >= 4 is 46.4 Å². The van der Waals surface area contributed by atoms with E-state index in [1.165, 1.54) is 36.4 Å². The number of anilines is 2. The fourth-order valence-corrected chi connectivity index (χ4v) is 5.81. The number of unbranched alkanes of at least 4 members (excludes halogenated alkanes) is 1. The smallest absolute Gasteiger partial charge is 0.238 e. The summed E-state index contributed by atoms with van der Waals surface area (Å²) in [5, 5.41) is 3.15. The van der Waals surface area contributed by atoms with E-state index in [1.807, 2.05) is 0 Å². The molecule has 3 aromatic carbocycles. The molecule has 1 unspecified atom stereocenters. The minimum absolute atomic E-state index is 0.00740. The number of carbonyl (C=O) groups excluding carboxylic acids is 2. The summed E-state index contributed by atoms with van der Waals surface area (Å²) in [6, 6.07) is 15.2. The van der Waals surface area contributed by atoms with E-state index in [0.717, 1.165) is 36.9 Å². The number of benzene rings is 3. The van der Waals surface area contributed by atoms with E-state index in [1.54, 1.807) is 29.2 Å². The Balaban J connectivity index is 1.30. The average Bonchev–Trinajstić information content (AvgIpc) is 2.92. The molecule has 0 radical (unpaired) electrons. The molecule has 0 spiro atoms. The molecule has 0 saturated carbocycles. The molecule has 7 nitrogen and oxygen atoms in total. The molecule has 1 aliphatic rings. The third-order valence-electron chi connectivity index (χ3n) is 7.34. The molecule has 218 valence electrons. The van der Waals surface area contributed by atoms with Crippen LogP contribution in [0.4, 0.5) is 20.2 Å². The summed E-state index contributed by atoms with van der Waals surface area (Å²) in [7, 11) is 0. The highest BCUT2D eigenvalue weighted by Gasteiger charge is 2.32. The van der Waals surface area contributed by atoms with Gasteiger partial charge in [-0.3, -0.25) is 19.4 Å². The standard InChI is InChI=1S/C30H33Cl2F2N5O2/c31-25-15-23(35)16-26(32)29(25)37-28(40)18-39-14-13-38(17-27(39)30(36)41)12-2-1-3-24(19-4-8-21(33)9-5-19)20-6-10-22(34)11-7-20/h4-11,15-16,24,27H,1-3,12-14,17-18,35H2,(H2,36,41)(H,37,40). The quantitative estimate of drug-likeness (QED) is 0.205. The molecule has 3 aromatic rings. The summed E-state index contributed by atoms with van der Waals surface area (Å²) < 4.78 is 27.0. The molecule has 4 rings (SSSR count). The van der Waals surface area contributed by atoms with E-state index in [2.05, 4.69) is 10.2 Å². The Hall–Kier alpha value is -3.24. The van der Waals surface area contributed by atoms with E-state index < -0.39 is 11.9 Å². The second kappa shape index (κ2) is 14.1. The summed E-state index contributed by atoms with van der Waals surface area (Å²) in [5.41, 5.74) is 14.0. The number of rotatable bonds is 11. The lowest BCUT2D eigenvalue weighted by atomic mass is 9.87. The molecule has 5 N–H and O–H groups in total. The first-order valence-corrected chi connectivity index (χ1v) is 14.2. The second-order valence-electron chi connectivity index (χ2n) is 10.2. The molecule has 1 atom stereocenters. The van der Waals surface area contributed by atoms with Crippen molar-refractivity contribution in [1.29, 1.82) is 0 Å². The van der Waals surface area contributed by atoms with Crippen LogP contribution in [0, 0.1) is 11.6 Å². The van der Waals surface area contributed by atoms with E-state index in [0.29, 0.717) is 25.3 Å². The van der Waals surface area contributed by atoms with Crippen LogP contribution in [-0.2, 0) is 9.59 Å². The number of hydrogen-bond donors (Lipinski definition) is 3. The Morgan fingerprint density at radius 3 is 2.02 bits per heavy atom. The Morgan fingerprint density at radius 2 is 1.49 bits per heavy atom. The third kappa shape index (κ3) is 8.39. The van der Waals surface area contributed by atoms with Gasteiger partial charge in [0.1, 0.15) is 17.7 Å². The first kappa shape index (κ1) is 30.7. The van der Waals surface area contributed by atoms with Gasteiger partial charge in [-0.1, -0.05) is 53.9 Å². The Morgan fingerprint density at radius 1 is 0.927 bits per heavy atom. The Labute approximate surface area is 248 Å². The number of halogens is 4. The SMILES string of the molecule is NC(=O)C1CN(CCCCC(c2ccc(F)cc2)c2ccc(F)cc2)CCN1CC(=O)Nc1c(Cl)cc(N)cc1Cl. The lowest BCUT2D eigenvalue weighted by Crippen LogP contribution is -2.59. The molecule has 0 bridgehead atoms. The maximum Gasteiger partial charge on any atom is 0.238 e. The van der Waals surface area contributed by atoms with Crippen molar-refractivity contribution in [3.05, 3.63) is 93.5 Å². The second-order valence-corrected chi connectivity index (χ2v) is 11.1. The fraction of sp³-hybridized carbons (Fsp3) is 0.333. The van der Waals surface area contributed by atoms with Gasteiger partial charge in [0.15, 0.2) is 0 Å². The normalized spacial score (nSPS) is 16.2. The highest BCUT2D eigenvalue weighted by molar-refractivity contribution is 6.40. The number of hydrogen-bond acceptors (Lipinski definition) is 5. The number of nitrogens with one attached hydrogen (secondary N) is 1. The van der Waals surface area contributed by atoms with E-state index in [9.17, 15) is 18.4 Å². The van der Waals surface area contributed by atoms with Gasteiger partial charge in [0, 0.05) is 31.2 Å². The van der Waals surface area contributed by atoms with Crippen LogP contribution in [0.2, 0.25) is 10.0 Å². The number of nitrogens with zero attached hydrogens (tertiary/aromatic N) is 2. The largest absolute Gasteiger partial charge is 0.399 e. The molecule has 0 aromatic heterocycles. The highest BCUT2D eigenvalue weighted by Crippen LogP contribution is 2.33. The summed E-state index contributed by atoms with van der Waals surface area (Å²) >= 11 is 12.4. The molecule has 41 heavy (non-hydrogen) atoms. The topological polar surface area (TPSA) is 105 Å². The maximum absolute atomic E-state index is 13.5. The van der Waals surface area contributed by atoms with Crippen molar-refractivity contribution in [3.63, 3.8) is 0 Å². The minimum atomic E-state index is -0.627. The molecular weight excluding hydrogens is 571 g/mol. The number of nitrogens with two attached hydrogens (primary N) is 2. The van der Waals surface area contributed by atoms with E-state index in [4.69, 9.17) is 34.7 Å². The first-order chi connectivity index (χ1) is 19.6. The van der Waals surface area contributed by atoms with Crippen LogP contribution in [0.5, 0.6) is 0 Å². The summed E-state index contributed by atoms with van der Waals surface area (Å²) in [5.74, 6) is -1.47. The van der Waals surface area contributed by atoms with Crippen LogP contribution in [0.1, 0.15) is 36.3 Å². The summed E-state index contributed by atoms with van der Waals surface area (Å²) in [4.78, 5) is 29.0. The van der Waals surface area contributed by atoms with Crippen LogP contribution in [0.3, 0.4) is 0 Å². The predicted octanol–water partition coefficient (Wildman–Crippen LogP) is 5.27. The van der Waals surface area contributed by atoms with Gasteiger partial charge in [-0.05, 0) is 66.9 Å². The lowest BCUT2D eigenvalue weighted by Gasteiger charge is -2.39. The molecule has 0 aliphatic carbocycles. The zero-order chi connectivity index (χ0) is 29.5. The maximum atomic E-state index is 13.5. The van der Waals surface area contributed by atoms with Crippen molar-refractivity contribution in [1.82, 2.24) is 9.80 Å². The molecule has 1 saturated heterocycles. The minimum Gasteiger partial charge on any atom is -0.399 e. The van der Waals surface area contributed by atoms with Crippen molar-refractivity contribution in [2.24, 2.45) is 5.73 Å². The van der Waals surface area contributed by atoms with Gasteiger partial charge in [-0.25, -0.2) is 8.78 Å². The van der Waals surface area contributed by atoms with Crippen molar-refractivity contribution in [2.45, 2.75) is 31.2 Å². The Kier molecular flexibility index (Phi) is 10.6. The van der Waals surface area contributed by atoms with Gasteiger partial charge in [-0.15, -0.1) is 0 Å². The zero-order valence-electron chi connectivity index (χ0n) is 22.5. The van der Waals surface area contributed by atoms with Crippen LogP contribution < -0.4 is 16.8 Å².